The van der Waals surface area contributed by atoms with Gasteiger partial charge in [0.1, 0.15) is 12.4 Å². The SMILES string of the molecule is O=C(O)Cc1cccc(-c2ccc(OCc3cccc4ccccc34)cc2)c1. The van der Waals surface area contributed by atoms with Gasteiger partial charge in [-0.2, -0.15) is 0 Å². The Bertz CT molecular complexity index is 1110. The fraction of sp³-hybridized carbons (Fsp3) is 0.0800. The van der Waals surface area contributed by atoms with Crippen LogP contribution in [0, 0.1) is 0 Å². The highest BCUT2D eigenvalue weighted by atomic mass is 16.5. The molecule has 0 aromatic heterocycles. The predicted octanol–water partition coefficient (Wildman–Crippen LogP) is 5.71. The predicted molar refractivity (Wildman–Crippen MR) is 111 cm³/mol. The van der Waals surface area contributed by atoms with Gasteiger partial charge >= 0.3 is 5.97 Å². The summed E-state index contributed by atoms with van der Waals surface area (Å²) in [5, 5.41) is 11.4. The maximum absolute atomic E-state index is 10.9. The second-order valence-electron chi connectivity index (χ2n) is 6.72. The Hall–Kier alpha value is -3.59. The van der Waals surface area contributed by atoms with Gasteiger partial charge in [0.15, 0.2) is 0 Å². The van der Waals surface area contributed by atoms with E-state index in [1.807, 2.05) is 66.7 Å². The van der Waals surface area contributed by atoms with Crippen LogP contribution in [0.2, 0.25) is 0 Å². The molecule has 0 saturated carbocycles. The highest BCUT2D eigenvalue weighted by Crippen LogP contribution is 2.25. The second-order valence-corrected chi connectivity index (χ2v) is 6.72. The van der Waals surface area contributed by atoms with Gasteiger partial charge in [-0.25, -0.2) is 0 Å². The summed E-state index contributed by atoms with van der Waals surface area (Å²) >= 11 is 0. The van der Waals surface area contributed by atoms with E-state index in [1.165, 1.54) is 10.8 Å². The van der Waals surface area contributed by atoms with Gasteiger partial charge in [0.05, 0.1) is 6.42 Å². The zero-order valence-corrected chi connectivity index (χ0v) is 15.3. The van der Waals surface area contributed by atoms with Gasteiger partial charge in [-0.3, -0.25) is 4.79 Å². The van der Waals surface area contributed by atoms with Gasteiger partial charge in [0.25, 0.3) is 0 Å². The summed E-state index contributed by atoms with van der Waals surface area (Å²) in [4.78, 5) is 10.9. The zero-order chi connectivity index (χ0) is 19.3. The third-order valence-electron chi connectivity index (χ3n) is 4.74. The van der Waals surface area contributed by atoms with Crippen LogP contribution < -0.4 is 4.74 Å². The Morgan fingerprint density at radius 2 is 1.54 bits per heavy atom. The minimum absolute atomic E-state index is 0.0278. The second kappa shape index (κ2) is 7.97. The molecule has 3 nitrogen and oxygen atoms in total. The molecule has 0 fully saturated rings. The van der Waals surface area contributed by atoms with Crippen molar-refractivity contribution in [2.75, 3.05) is 0 Å². The lowest BCUT2D eigenvalue weighted by molar-refractivity contribution is -0.136. The molecule has 0 spiro atoms. The fourth-order valence-electron chi connectivity index (χ4n) is 3.36. The lowest BCUT2D eigenvalue weighted by Crippen LogP contribution is -1.99. The third-order valence-corrected chi connectivity index (χ3v) is 4.74. The number of carboxylic acids is 1. The van der Waals surface area contributed by atoms with E-state index in [9.17, 15) is 4.79 Å². The average molecular weight is 368 g/mol. The Kier molecular flexibility index (Phi) is 5.07. The minimum Gasteiger partial charge on any atom is -0.489 e. The normalized spacial score (nSPS) is 10.7. The molecule has 0 bridgehead atoms. The molecule has 0 heterocycles. The molecule has 0 aliphatic heterocycles. The maximum Gasteiger partial charge on any atom is 0.307 e. The molecular formula is C25H20O3. The molecule has 0 aliphatic rings. The van der Waals surface area contributed by atoms with E-state index in [0.29, 0.717) is 6.61 Å². The summed E-state index contributed by atoms with van der Waals surface area (Å²) in [6.07, 6.45) is 0.0278. The van der Waals surface area contributed by atoms with Gasteiger partial charge in [0.2, 0.25) is 0 Å². The van der Waals surface area contributed by atoms with Crippen molar-refractivity contribution in [3.8, 4) is 16.9 Å². The van der Waals surface area contributed by atoms with E-state index in [0.717, 1.165) is 28.0 Å². The number of fused-ring (bicyclic) bond motifs is 1. The van der Waals surface area contributed by atoms with Crippen molar-refractivity contribution in [1.82, 2.24) is 0 Å². The molecule has 0 aliphatic carbocycles. The van der Waals surface area contributed by atoms with Gasteiger partial charge in [-0.1, -0.05) is 78.9 Å². The average Bonchev–Trinajstić information content (AvgIpc) is 2.72. The monoisotopic (exact) mass is 368 g/mol. The summed E-state index contributed by atoms with van der Waals surface area (Å²) in [5.74, 6) is -0.0206. The maximum atomic E-state index is 10.9. The Balaban J connectivity index is 1.48. The summed E-state index contributed by atoms with van der Waals surface area (Å²) in [7, 11) is 0. The smallest absolute Gasteiger partial charge is 0.307 e. The highest BCUT2D eigenvalue weighted by Gasteiger charge is 2.05. The van der Waals surface area contributed by atoms with Crippen LogP contribution in [0.4, 0.5) is 0 Å². The van der Waals surface area contributed by atoms with E-state index in [4.69, 9.17) is 9.84 Å². The number of rotatable bonds is 6. The van der Waals surface area contributed by atoms with E-state index in [2.05, 4.69) is 24.3 Å². The van der Waals surface area contributed by atoms with Crippen molar-refractivity contribution >= 4 is 16.7 Å². The molecule has 0 amide bonds. The quantitative estimate of drug-likeness (QED) is 0.474. The minimum atomic E-state index is -0.825. The largest absolute Gasteiger partial charge is 0.489 e. The van der Waals surface area contributed by atoms with E-state index in [1.54, 1.807) is 0 Å². The molecule has 1 N–H and O–H groups in total. The van der Waals surface area contributed by atoms with Crippen LogP contribution in [0.5, 0.6) is 5.75 Å². The lowest BCUT2D eigenvalue weighted by atomic mass is 10.0. The van der Waals surface area contributed by atoms with Crippen LogP contribution in [0.1, 0.15) is 11.1 Å². The van der Waals surface area contributed by atoms with Crippen molar-refractivity contribution in [2.24, 2.45) is 0 Å². The molecule has 0 radical (unpaired) electrons. The van der Waals surface area contributed by atoms with Crippen LogP contribution in [0.3, 0.4) is 0 Å². The van der Waals surface area contributed by atoms with Crippen molar-refractivity contribution in [3.63, 3.8) is 0 Å². The summed E-state index contributed by atoms with van der Waals surface area (Å²) in [6.45, 7) is 0.509. The Labute approximate surface area is 163 Å². The standard InChI is InChI=1S/C25H20O3/c26-25(27)16-18-5-3-8-21(15-18)19-11-13-23(14-12-19)28-17-22-9-4-7-20-6-1-2-10-24(20)22/h1-15H,16-17H2,(H,26,27). The molecule has 0 unspecified atom stereocenters. The summed E-state index contributed by atoms with van der Waals surface area (Å²) < 4.78 is 5.99. The first-order chi connectivity index (χ1) is 13.7. The molecule has 4 aromatic carbocycles. The summed E-state index contributed by atoms with van der Waals surface area (Å²) in [6, 6.07) is 30.1. The number of carboxylic acid groups (broad SMARTS) is 1. The van der Waals surface area contributed by atoms with Crippen LogP contribution in [0.25, 0.3) is 21.9 Å². The molecule has 4 rings (SSSR count). The van der Waals surface area contributed by atoms with Crippen molar-refractivity contribution in [3.05, 3.63) is 102 Å². The van der Waals surface area contributed by atoms with E-state index >= 15 is 0 Å². The van der Waals surface area contributed by atoms with E-state index in [-0.39, 0.29) is 6.42 Å². The zero-order valence-electron chi connectivity index (χ0n) is 15.3. The number of benzene rings is 4. The van der Waals surface area contributed by atoms with Gasteiger partial charge in [-0.15, -0.1) is 0 Å². The number of carbonyl (C=O) groups is 1. The molecule has 28 heavy (non-hydrogen) atoms. The molecule has 0 saturated heterocycles. The Morgan fingerprint density at radius 3 is 2.36 bits per heavy atom. The fourth-order valence-corrected chi connectivity index (χ4v) is 3.36. The topological polar surface area (TPSA) is 46.5 Å². The van der Waals surface area contributed by atoms with Crippen molar-refractivity contribution < 1.29 is 14.6 Å². The third kappa shape index (κ3) is 4.04. The van der Waals surface area contributed by atoms with Crippen LogP contribution in [-0.2, 0) is 17.8 Å². The number of ether oxygens (including phenoxy) is 1. The Morgan fingerprint density at radius 1 is 0.786 bits per heavy atom. The molecular weight excluding hydrogens is 348 g/mol. The van der Waals surface area contributed by atoms with Crippen molar-refractivity contribution in [2.45, 2.75) is 13.0 Å². The van der Waals surface area contributed by atoms with Crippen LogP contribution in [-0.4, -0.2) is 11.1 Å². The highest BCUT2D eigenvalue weighted by molar-refractivity contribution is 5.85. The number of hydrogen-bond donors (Lipinski definition) is 1. The first-order valence-corrected chi connectivity index (χ1v) is 9.20. The summed E-state index contributed by atoms with van der Waals surface area (Å²) in [5.41, 5.74) is 3.98. The van der Waals surface area contributed by atoms with E-state index < -0.39 is 5.97 Å². The van der Waals surface area contributed by atoms with Gasteiger partial charge in [0, 0.05) is 0 Å². The number of aliphatic carboxylic acids is 1. The molecule has 138 valence electrons. The van der Waals surface area contributed by atoms with Crippen molar-refractivity contribution in [1.29, 1.82) is 0 Å². The lowest BCUT2D eigenvalue weighted by Gasteiger charge is -2.10. The molecule has 0 atom stereocenters. The van der Waals surface area contributed by atoms with Gasteiger partial charge < -0.3 is 9.84 Å². The number of hydrogen-bond acceptors (Lipinski definition) is 2. The first kappa shape index (κ1) is 17.8. The first-order valence-electron chi connectivity index (χ1n) is 9.20. The molecule has 3 heteroatoms. The molecule has 4 aromatic rings. The van der Waals surface area contributed by atoms with Gasteiger partial charge in [-0.05, 0) is 45.2 Å². The van der Waals surface area contributed by atoms with Crippen LogP contribution >= 0.6 is 0 Å². The van der Waals surface area contributed by atoms with Crippen LogP contribution in [0.15, 0.2) is 91.0 Å².